The fourth-order valence-corrected chi connectivity index (χ4v) is 4.31. The summed E-state index contributed by atoms with van der Waals surface area (Å²) in [7, 11) is 0. The van der Waals surface area contributed by atoms with Crippen LogP contribution in [0.4, 0.5) is 5.69 Å². The Bertz CT molecular complexity index is 668. The molecule has 2 N–H and O–H groups in total. The zero-order valence-corrected chi connectivity index (χ0v) is 17.9. The van der Waals surface area contributed by atoms with Gasteiger partial charge in [-0.05, 0) is 65.3 Å². The van der Waals surface area contributed by atoms with Crippen molar-refractivity contribution in [1.29, 1.82) is 0 Å². The molecule has 3 rings (SSSR count). The molecule has 2 aliphatic rings. The molecule has 5 heteroatoms. The SMILES string of the molecule is C=N/C(=N\NC1CCN(C(C)C)CC1)c1cc(C)ccc1NC1CCCCC1. The second-order valence-corrected chi connectivity index (χ2v) is 8.65. The Kier molecular flexibility index (Phi) is 7.49. The van der Waals surface area contributed by atoms with Crippen molar-refractivity contribution in [3.63, 3.8) is 0 Å². The number of piperidine rings is 1. The Morgan fingerprint density at radius 2 is 1.79 bits per heavy atom. The van der Waals surface area contributed by atoms with E-state index in [1.54, 1.807) is 0 Å². The number of aryl methyl sites for hydroxylation is 1. The quantitative estimate of drug-likeness (QED) is 0.430. The van der Waals surface area contributed by atoms with Gasteiger partial charge in [0.25, 0.3) is 0 Å². The van der Waals surface area contributed by atoms with Crippen LogP contribution in [0.25, 0.3) is 0 Å². The van der Waals surface area contributed by atoms with E-state index >= 15 is 0 Å². The maximum atomic E-state index is 4.68. The third kappa shape index (κ3) is 5.57. The van der Waals surface area contributed by atoms with Gasteiger partial charge in [0.15, 0.2) is 5.84 Å². The third-order valence-electron chi connectivity index (χ3n) is 6.14. The van der Waals surface area contributed by atoms with Gasteiger partial charge in [-0.15, -0.1) is 0 Å². The molecule has 1 saturated carbocycles. The molecule has 0 atom stereocenters. The summed E-state index contributed by atoms with van der Waals surface area (Å²) in [5.41, 5.74) is 6.77. The number of anilines is 1. The molecule has 2 fully saturated rings. The van der Waals surface area contributed by atoms with E-state index in [1.165, 1.54) is 37.7 Å². The van der Waals surface area contributed by atoms with Crippen molar-refractivity contribution < 1.29 is 0 Å². The van der Waals surface area contributed by atoms with Crippen LogP contribution < -0.4 is 10.7 Å². The van der Waals surface area contributed by atoms with Crippen molar-refractivity contribution in [1.82, 2.24) is 10.3 Å². The van der Waals surface area contributed by atoms with E-state index in [9.17, 15) is 0 Å². The molecular formula is C23H37N5. The van der Waals surface area contributed by atoms with Gasteiger partial charge < -0.3 is 15.6 Å². The monoisotopic (exact) mass is 383 g/mol. The molecule has 5 nitrogen and oxygen atoms in total. The molecule has 1 aliphatic carbocycles. The molecule has 0 unspecified atom stereocenters. The number of hydrogen-bond acceptors (Lipinski definition) is 4. The van der Waals surface area contributed by atoms with E-state index in [0.717, 1.165) is 37.2 Å². The van der Waals surface area contributed by atoms with E-state index in [-0.39, 0.29) is 0 Å². The first kappa shape index (κ1) is 20.8. The van der Waals surface area contributed by atoms with Gasteiger partial charge >= 0.3 is 0 Å². The van der Waals surface area contributed by atoms with Crippen molar-refractivity contribution in [3.8, 4) is 0 Å². The summed E-state index contributed by atoms with van der Waals surface area (Å²) in [6, 6.07) is 8.07. The first-order valence-corrected chi connectivity index (χ1v) is 11.0. The minimum atomic E-state index is 0.409. The van der Waals surface area contributed by atoms with Gasteiger partial charge in [0.1, 0.15) is 0 Å². The lowest BCUT2D eigenvalue weighted by Gasteiger charge is -2.34. The van der Waals surface area contributed by atoms with Crippen molar-refractivity contribution >= 4 is 18.2 Å². The summed E-state index contributed by atoms with van der Waals surface area (Å²) in [5.74, 6) is 0.688. The number of nitrogens with one attached hydrogen (secondary N) is 2. The van der Waals surface area contributed by atoms with Crippen LogP contribution in [0.2, 0.25) is 0 Å². The van der Waals surface area contributed by atoms with Gasteiger partial charge in [-0.2, -0.15) is 5.10 Å². The number of aliphatic imine (C=N–C) groups is 1. The molecule has 28 heavy (non-hydrogen) atoms. The van der Waals surface area contributed by atoms with E-state index in [4.69, 9.17) is 0 Å². The van der Waals surface area contributed by atoms with E-state index in [0.29, 0.717) is 24.0 Å². The molecule has 1 heterocycles. The molecule has 1 saturated heterocycles. The molecule has 0 radical (unpaired) electrons. The second kappa shape index (κ2) is 10.1. The fraction of sp³-hybridized carbons (Fsp3) is 0.652. The van der Waals surface area contributed by atoms with Crippen LogP contribution in [-0.2, 0) is 0 Å². The van der Waals surface area contributed by atoms with Crippen LogP contribution in [0.1, 0.15) is 69.9 Å². The number of rotatable bonds is 6. The van der Waals surface area contributed by atoms with Crippen molar-refractivity contribution in [3.05, 3.63) is 29.3 Å². The van der Waals surface area contributed by atoms with Crippen molar-refractivity contribution in [2.75, 3.05) is 18.4 Å². The first-order chi connectivity index (χ1) is 13.6. The molecule has 0 amide bonds. The number of hydrazone groups is 1. The smallest absolute Gasteiger partial charge is 0.180 e. The Morgan fingerprint density at radius 3 is 2.43 bits per heavy atom. The highest BCUT2D eigenvalue weighted by atomic mass is 15.3. The highest BCUT2D eigenvalue weighted by Crippen LogP contribution is 2.25. The Hall–Kier alpha value is -1.88. The molecule has 1 aromatic carbocycles. The molecule has 154 valence electrons. The van der Waals surface area contributed by atoms with Gasteiger partial charge in [-0.1, -0.05) is 30.9 Å². The molecule has 0 spiro atoms. The largest absolute Gasteiger partial charge is 0.382 e. The van der Waals surface area contributed by atoms with Gasteiger partial charge in [-0.25, -0.2) is 4.99 Å². The summed E-state index contributed by atoms with van der Waals surface area (Å²) in [6.07, 6.45) is 8.72. The zero-order valence-electron chi connectivity index (χ0n) is 17.9. The topological polar surface area (TPSA) is 52.0 Å². The predicted molar refractivity (Wildman–Crippen MR) is 121 cm³/mol. The molecule has 1 aliphatic heterocycles. The van der Waals surface area contributed by atoms with Gasteiger partial charge in [0.2, 0.25) is 0 Å². The van der Waals surface area contributed by atoms with Crippen LogP contribution in [0, 0.1) is 6.92 Å². The summed E-state index contributed by atoms with van der Waals surface area (Å²) < 4.78 is 0. The average Bonchev–Trinajstić information content (AvgIpc) is 2.71. The number of amidine groups is 1. The lowest BCUT2D eigenvalue weighted by atomic mass is 9.95. The van der Waals surface area contributed by atoms with Crippen molar-refractivity contribution in [2.24, 2.45) is 10.1 Å². The molecule has 0 aromatic heterocycles. The van der Waals surface area contributed by atoms with Crippen molar-refractivity contribution in [2.45, 2.75) is 83.8 Å². The number of likely N-dealkylation sites (tertiary alicyclic amines) is 1. The maximum Gasteiger partial charge on any atom is 0.180 e. The summed E-state index contributed by atoms with van der Waals surface area (Å²) in [5, 5.41) is 8.42. The number of benzene rings is 1. The first-order valence-electron chi connectivity index (χ1n) is 11.0. The Morgan fingerprint density at radius 1 is 1.07 bits per heavy atom. The van der Waals surface area contributed by atoms with E-state index < -0.39 is 0 Å². The average molecular weight is 384 g/mol. The molecule has 0 bridgehead atoms. The van der Waals surface area contributed by atoms with Gasteiger partial charge in [-0.3, -0.25) is 0 Å². The Balaban J connectivity index is 1.69. The standard InChI is InChI=1S/C23H37N5/c1-17(2)28-14-12-20(13-15-28)26-27-23(24-4)21-16-18(3)10-11-22(21)25-19-8-6-5-7-9-19/h10-11,16-17,19-20,25-26H,4-9,12-15H2,1-3H3/b27-23-. The third-order valence-corrected chi connectivity index (χ3v) is 6.14. The number of nitrogens with zero attached hydrogens (tertiary/aromatic N) is 3. The van der Waals surface area contributed by atoms with Crippen LogP contribution in [0.5, 0.6) is 0 Å². The zero-order chi connectivity index (χ0) is 19.9. The van der Waals surface area contributed by atoms with Crippen LogP contribution in [-0.4, -0.2) is 48.7 Å². The summed E-state index contributed by atoms with van der Waals surface area (Å²) in [4.78, 5) is 6.80. The minimum absolute atomic E-state index is 0.409. The van der Waals surface area contributed by atoms with Crippen LogP contribution in [0.15, 0.2) is 28.3 Å². The summed E-state index contributed by atoms with van der Waals surface area (Å²) in [6.45, 7) is 12.7. The van der Waals surface area contributed by atoms with Gasteiger partial charge in [0, 0.05) is 42.5 Å². The lowest BCUT2D eigenvalue weighted by Crippen LogP contribution is -2.44. The van der Waals surface area contributed by atoms with E-state index in [1.807, 2.05) is 0 Å². The molecular weight excluding hydrogens is 346 g/mol. The second-order valence-electron chi connectivity index (χ2n) is 8.65. The highest BCUT2D eigenvalue weighted by Gasteiger charge is 2.21. The number of hydrogen-bond donors (Lipinski definition) is 2. The van der Waals surface area contributed by atoms with Gasteiger partial charge in [0.05, 0.1) is 0 Å². The summed E-state index contributed by atoms with van der Waals surface area (Å²) >= 11 is 0. The predicted octanol–water partition coefficient (Wildman–Crippen LogP) is 4.56. The van der Waals surface area contributed by atoms with Crippen LogP contribution in [0.3, 0.4) is 0 Å². The fourth-order valence-electron chi connectivity index (χ4n) is 4.31. The maximum absolute atomic E-state index is 4.68. The Labute approximate surface area is 170 Å². The highest BCUT2D eigenvalue weighted by molar-refractivity contribution is 6.05. The molecule has 1 aromatic rings. The lowest BCUT2D eigenvalue weighted by molar-refractivity contribution is 0.162. The van der Waals surface area contributed by atoms with E-state index in [2.05, 4.69) is 71.4 Å². The normalized spacial score (nSPS) is 20.4. The van der Waals surface area contributed by atoms with Crippen LogP contribution >= 0.6 is 0 Å². The minimum Gasteiger partial charge on any atom is -0.382 e.